The number of fused-ring (bicyclic) bond motifs is 2. The molecule has 0 atom stereocenters. The minimum absolute atomic E-state index is 0.0814. The highest BCUT2D eigenvalue weighted by atomic mass is 16.5. The van der Waals surface area contributed by atoms with Crippen LogP contribution in [0.4, 0.5) is 0 Å². The maximum absolute atomic E-state index is 12.4. The largest absolute Gasteiger partial charge is 0.508 e. The molecular formula is C18H13NO3. The van der Waals surface area contributed by atoms with Crippen LogP contribution < -0.4 is 4.74 Å². The molecule has 4 rings (SSSR count). The quantitative estimate of drug-likeness (QED) is 0.698. The van der Waals surface area contributed by atoms with E-state index in [-0.39, 0.29) is 17.3 Å². The molecule has 1 aliphatic heterocycles. The Hall–Kier alpha value is -3.01. The highest BCUT2D eigenvalue weighted by Gasteiger charge is 2.27. The summed E-state index contributed by atoms with van der Waals surface area (Å²) in [6.45, 7) is 0. The molecule has 22 heavy (non-hydrogen) atoms. The summed E-state index contributed by atoms with van der Waals surface area (Å²) < 4.78 is 7.62. The van der Waals surface area contributed by atoms with Gasteiger partial charge in [0, 0.05) is 35.8 Å². The fourth-order valence-electron chi connectivity index (χ4n) is 2.80. The van der Waals surface area contributed by atoms with Gasteiger partial charge in [0.15, 0.2) is 5.76 Å². The van der Waals surface area contributed by atoms with Gasteiger partial charge in [-0.2, -0.15) is 0 Å². The van der Waals surface area contributed by atoms with Crippen LogP contribution >= 0.6 is 0 Å². The second kappa shape index (κ2) is 4.49. The first kappa shape index (κ1) is 12.7. The Morgan fingerprint density at radius 2 is 2.00 bits per heavy atom. The number of ketones is 1. The van der Waals surface area contributed by atoms with Gasteiger partial charge in [0.2, 0.25) is 5.78 Å². The van der Waals surface area contributed by atoms with E-state index in [0.717, 1.165) is 16.5 Å². The molecule has 0 radical (unpaired) electrons. The lowest BCUT2D eigenvalue weighted by atomic mass is 10.1. The van der Waals surface area contributed by atoms with Crippen LogP contribution in [0.2, 0.25) is 0 Å². The van der Waals surface area contributed by atoms with Gasteiger partial charge in [-0.05, 0) is 24.3 Å². The van der Waals surface area contributed by atoms with E-state index in [1.54, 1.807) is 12.1 Å². The molecule has 0 saturated carbocycles. The van der Waals surface area contributed by atoms with Gasteiger partial charge < -0.3 is 14.4 Å². The number of aryl methyl sites for hydroxylation is 1. The molecule has 2 heterocycles. The summed E-state index contributed by atoms with van der Waals surface area (Å²) in [6, 6.07) is 12.5. The van der Waals surface area contributed by atoms with Crippen LogP contribution in [-0.4, -0.2) is 15.5 Å². The van der Waals surface area contributed by atoms with Gasteiger partial charge in [0.25, 0.3) is 0 Å². The standard InChI is InChI=1S/C18H13NO3/c1-19-10-11(13-4-2-3-5-15(13)19)8-17-18(21)14-7-6-12(20)9-16(14)22-17/h2-10,20H,1H3. The third-order valence-corrected chi connectivity index (χ3v) is 3.87. The van der Waals surface area contributed by atoms with E-state index >= 15 is 0 Å². The summed E-state index contributed by atoms with van der Waals surface area (Å²) in [5.41, 5.74) is 2.50. The Morgan fingerprint density at radius 3 is 2.86 bits per heavy atom. The number of carbonyl (C=O) groups is 1. The van der Waals surface area contributed by atoms with E-state index in [1.165, 1.54) is 12.1 Å². The van der Waals surface area contributed by atoms with Crippen molar-refractivity contribution in [2.24, 2.45) is 7.05 Å². The highest BCUT2D eigenvalue weighted by molar-refractivity contribution is 6.15. The van der Waals surface area contributed by atoms with Crippen molar-refractivity contribution in [3.8, 4) is 11.5 Å². The summed E-state index contributed by atoms with van der Waals surface area (Å²) >= 11 is 0. The van der Waals surface area contributed by atoms with Crippen LogP contribution in [0.1, 0.15) is 15.9 Å². The van der Waals surface area contributed by atoms with Crippen LogP contribution in [0.5, 0.6) is 11.5 Å². The molecule has 1 aromatic heterocycles. The topological polar surface area (TPSA) is 51.5 Å². The number of nitrogens with zero attached hydrogens (tertiary/aromatic N) is 1. The predicted octanol–water partition coefficient (Wildman–Crippen LogP) is 3.50. The summed E-state index contributed by atoms with van der Waals surface area (Å²) in [4.78, 5) is 12.4. The van der Waals surface area contributed by atoms with Gasteiger partial charge in [-0.25, -0.2) is 0 Å². The fraction of sp³-hybridized carbons (Fsp3) is 0.0556. The van der Waals surface area contributed by atoms with Crippen molar-refractivity contribution in [3.63, 3.8) is 0 Å². The van der Waals surface area contributed by atoms with Crippen LogP contribution in [0.3, 0.4) is 0 Å². The number of phenolic OH excluding ortho intramolecular Hbond substituents is 1. The van der Waals surface area contributed by atoms with Gasteiger partial charge >= 0.3 is 0 Å². The van der Waals surface area contributed by atoms with E-state index in [2.05, 4.69) is 0 Å². The van der Waals surface area contributed by atoms with Gasteiger partial charge in [-0.15, -0.1) is 0 Å². The number of aromatic nitrogens is 1. The van der Waals surface area contributed by atoms with E-state index in [1.807, 2.05) is 42.1 Å². The van der Waals surface area contributed by atoms with Crippen molar-refractivity contribution >= 4 is 22.8 Å². The number of ether oxygens (including phenoxy) is 1. The second-order valence-electron chi connectivity index (χ2n) is 5.33. The Bertz CT molecular complexity index is 950. The number of hydrogen-bond acceptors (Lipinski definition) is 3. The molecule has 0 amide bonds. The predicted molar refractivity (Wildman–Crippen MR) is 84.0 cm³/mol. The first-order valence-corrected chi connectivity index (χ1v) is 6.95. The minimum Gasteiger partial charge on any atom is -0.508 e. The zero-order valence-corrected chi connectivity index (χ0v) is 11.9. The van der Waals surface area contributed by atoms with Crippen LogP contribution in [0.25, 0.3) is 17.0 Å². The smallest absolute Gasteiger partial charge is 0.231 e. The number of aromatic hydroxyl groups is 1. The van der Waals surface area contributed by atoms with Gasteiger partial charge in [-0.1, -0.05) is 18.2 Å². The van der Waals surface area contributed by atoms with Crippen molar-refractivity contribution in [3.05, 3.63) is 65.5 Å². The number of Topliss-reactive ketones (excluding diaryl/α,β-unsaturated/α-hetero) is 1. The van der Waals surface area contributed by atoms with Crippen LogP contribution in [-0.2, 0) is 7.05 Å². The molecule has 0 fully saturated rings. The summed E-state index contributed by atoms with van der Waals surface area (Å²) in [5.74, 6) is 0.592. The van der Waals surface area contributed by atoms with Crippen molar-refractivity contribution in [1.29, 1.82) is 0 Å². The van der Waals surface area contributed by atoms with E-state index < -0.39 is 0 Å². The highest BCUT2D eigenvalue weighted by Crippen LogP contribution is 2.35. The van der Waals surface area contributed by atoms with Crippen molar-refractivity contribution < 1.29 is 14.6 Å². The van der Waals surface area contributed by atoms with E-state index in [9.17, 15) is 9.90 Å². The summed E-state index contributed by atoms with van der Waals surface area (Å²) in [7, 11) is 1.97. The van der Waals surface area contributed by atoms with Crippen molar-refractivity contribution in [2.45, 2.75) is 0 Å². The molecular weight excluding hydrogens is 278 g/mol. The third kappa shape index (κ3) is 1.81. The number of phenols is 1. The average Bonchev–Trinajstić information content (AvgIpc) is 2.98. The first-order valence-electron chi connectivity index (χ1n) is 6.95. The molecule has 108 valence electrons. The summed E-state index contributed by atoms with van der Waals surface area (Å²) in [5, 5.41) is 10.6. The maximum atomic E-state index is 12.4. The normalized spacial score (nSPS) is 15.3. The minimum atomic E-state index is -0.164. The Kier molecular flexibility index (Phi) is 2.60. The molecule has 1 N–H and O–H groups in total. The fourth-order valence-corrected chi connectivity index (χ4v) is 2.80. The Balaban J connectivity index is 1.82. The van der Waals surface area contributed by atoms with E-state index in [0.29, 0.717) is 11.3 Å². The maximum Gasteiger partial charge on any atom is 0.231 e. The number of benzene rings is 2. The lowest BCUT2D eigenvalue weighted by molar-refractivity contribution is 0.101. The van der Waals surface area contributed by atoms with Crippen LogP contribution in [0, 0.1) is 0 Å². The SMILES string of the molecule is Cn1cc(C=C2Oc3cc(O)ccc3C2=O)c2ccccc21. The number of allylic oxidation sites excluding steroid dienone is 1. The lowest BCUT2D eigenvalue weighted by Gasteiger charge is -1.98. The van der Waals surface area contributed by atoms with Gasteiger partial charge in [0.1, 0.15) is 11.5 Å². The first-order chi connectivity index (χ1) is 10.6. The second-order valence-corrected chi connectivity index (χ2v) is 5.33. The average molecular weight is 291 g/mol. The summed E-state index contributed by atoms with van der Waals surface area (Å²) in [6.07, 6.45) is 3.72. The molecule has 0 aliphatic carbocycles. The number of rotatable bonds is 1. The molecule has 0 unspecified atom stereocenters. The molecule has 4 nitrogen and oxygen atoms in total. The number of hydrogen-bond donors (Lipinski definition) is 1. The Labute approximate surface area is 126 Å². The zero-order valence-electron chi connectivity index (χ0n) is 11.9. The molecule has 3 aromatic rings. The zero-order chi connectivity index (χ0) is 15.3. The van der Waals surface area contributed by atoms with Crippen molar-refractivity contribution in [2.75, 3.05) is 0 Å². The number of para-hydroxylation sites is 1. The number of carbonyl (C=O) groups excluding carboxylic acids is 1. The molecule has 2 aromatic carbocycles. The molecule has 0 saturated heterocycles. The van der Waals surface area contributed by atoms with Crippen molar-refractivity contribution in [1.82, 2.24) is 4.57 Å². The monoisotopic (exact) mass is 291 g/mol. The molecule has 1 aliphatic rings. The van der Waals surface area contributed by atoms with Gasteiger partial charge in [-0.3, -0.25) is 4.79 Å². The molecule has 4 heteroatoms. The third-order valence-electron chi connectivity index (χ3n) is 3.87. The van der Waals surface area contributed by atoms with Crippen LogP contribution in [0.15, 0.2) is 54.4 Å². The van der Waals surface area contributed by atoms with Gasteiger partial charge in [0.05, 0.1) is 5.56 Å². The molecule has 0 spiro atoms. The lowest BCUT2D eigenvalue weighted by Crippen LogP contribution is -1.97. The molecule has 0 bridgehead atoms. The Morgan fingerprint density at radius 1 is 1.18 bits per heavy atom. The van der Waals surface area contributed by atoms with E-state index in [4.69, 9.17) is 4.74 Å².